The van der Waals surface area contributed by atoms with E-state index in [9.17, 15) is 0 Å². The highest BCUT2D eigenvalue weighted by Crippen LogP contribution is 2.34. The van der Waals surface area contributed by atoms with Gasteiger partial charge in [-0.05, 0) is 48.7 Å². The molecular formula is C18H21BrN2. The minimum Gasteiger partial charge on any atom is -0.329 e. The van der Waals surface area contributed by atoms with Crippen molar-refractivity contribution in [1.82, 2.24) is 4.90 Å². The van der Waals surface area contributed by atoms with E-state index in [0.717, 1.165) is 23.9 Å². The highest BCUT2D eigenvalue weighted by molar-refractivity contribution is 9.10. The Morgan fingerprint density at radius 3 is 2.33 bits per heavy atom. The lowest BCUT2D eigenvalue weighted by molar-refractivity contribution is 0.127. The summed E-state index contributed by atoms with van der Waals surface area (Å²) in [6, 6.07) is 17.2. The summed E-state index contributed by atoms with van der Waals surface area (Å²) >= 11 is 3.55. The van der Waals surface area contributed by atoms with E-state index in [2.05, 4.69) is 76.4 Å². The number of likely N-dealkylation sites (N-methyl/N-ethyl adjacent to an activating group) is 1. The van der Waals surface area contributed by atoms with Gasteiger partial charge in [-0.25, -0.2) is 0 Å². The van der Waals surface area contributed by atoms with Crippen LogP contribution in [0, 0.1) is 0 Å². The molecule has 2 aromatic rings. The molecule has 0 spiro atoms. The second kappa shape index (κ2) is 5.91. The van der Waals surface area contributed by atoms with Crippen LogP contribution >= 0.6 is 15.9 Å². The maximum atomic E-state index is 6.18. The van der Waals surface area contributed by atoms with Crippen LogP contribution in [0.15, 0.2) is 53.0 Å². The van der Waals surface area contributed by atoms with Crippen molar-refractivity contribution in [1.29, 1.82) is 0 Å². The van der Waals surface area contributed by atoms with Crippen LogP contribution < -0.4 is 5.73 Å². The monoisotopic (exact) mass is 344 g/mol. The summed E-state index contributed by atoms with van der Waals surface area (Å²) in [5.74, 6) is 0. The van der Waals surface area contributed by atoms with Gasteiger partial charge in [0, 0.05) is 23.1 Å². The summed E-state index contributed by atoms with van der Waals surface area (Å²) in [6.45, 7) is 1.61. The Bertz CT molecular complexity index is 614. The second-order valence-electron chi connectivity index (χ2n) is 6.04. The molecule has 0 atom stereocenters. The Kier molecular flexibility index (Phi) is 4.16. The molecule has 0 unspecified atom stereocenters. The summed E-state index contributed by atoms with van der Waals surface area (Å²) in [4.78, 5) is 2.43. The fraction of sp³-hybridized carbons (Fsp3) is 0.333. The van der Waals surface area contributed by atoms with Crippen LogP contribution in [0.4, 0.5) is 0 Å². The third kappa shape index (κ3) is 2.91. The van der Waals surface area contributed by atoms with Gasteiger partial charge in [-0.15, -0.1) is 0 Å². The highest BCUT2D eigenvalue weighted by Gasteiger charge is 2.39. The van der Waals surface area contributed by atoms with Crippen LogP contribution in [0.5, 0.6) is 0 Å². The first-order valence-electron chi connectivity index (χ1n) is 7.35. The normalized spacial score (nSPS) is 16.2. The Morgan fingerprint density at radius 2 is 1.76 bits per heavy atom. The molecule has 2 nitrogen and oxygen atoms in total. The van der Waals surface area contributed by atoms with E-state index in [1.807, 2.05) is 0 Å². The van der Waals surface area contributed by atoms with Gasteiger partial charge >= 0.3 is 0 Å². The predicted octanol–water partition coefficient (Wildman–Crippen LogP) is 3.38. The van der Waals surface area contributed by atoms with E-state index in [0.29, 0.717) is 6.54 Å². The molecule has 0 amide bonds. The lowest BCUT2D eigenvalue weighted by Crippen LogP contribution is -2.52. The molecule has 0 fully saturated rings. The van der Waals surface area contributed by atoms with E-state index in [1.54, 1.807) is 0 Å². The third-order valence-corrected chi connectivity index (χ3v) is 5.15. The molecular weight excluding hydrogens is 324 g/mol. The Hall–Kier alpha value is -1.16. The van der Waals surface area contributed by atoms with Gasteiger partial charge in [-0.3, -0.25) is 4.90 Å². The lowest BCUT2D eigenvalue weighted by Gasteiger charge is -2.38. The summed E-state index contributed by atoms with van der Waals surface area (Å²) in [7, 11) is 2.19. The number of benzene rings is 2. The van der Waals surface area contributed by atoms with Crippen molar-refractivity contribution in [2.24, 2.45) is 5.73 Å². The largest absolute Gasteiger partial charge is 0.329 e. The van der Waals surface area contributed by atoms with Crippen LogP contribution in [0.1, 0.15) is 16.7 Å². The molecule has 2 N–H and O–H groups in total. The zero-order chi connectivity index (χ0) is 14.9. The van der Waals surface area contributed by atoms with Gasteiger partial charge in [0.25, 0.3) is 0 Å². The van der Waals surface area contributed by atoms with Crippen molar-refractivity contribution in [2.45, 2.75) is 24.9 Å². The number of hydrogen-bond acceptors (Lipinski definition) is 2. The van der Waals surface area contributed by atoms with Gasteiger partial charge in [-0.1, -0.05) is 52.3 Å². The average molecular weight is 345 g/mol. The van der Waals surface area contributed by atoms with Crippen LogP contribution in [-0.4, -0.2) is 24.0 Å². The number of rotatable bonds is 4. The molecule has 0 saturated heterocycles. The number of hydrogen-bond donors (Lipinski definition) is 1. The molecule has 0 bridgehead atoms. The summed E-state index contributed by atoms with van der Waals surface area (Å²) < 4.78 is 1.13. The molecule has 0 aliphatic heterocycles. The van der Waals surface area contributed by atoms with Gasteiger partial charge in [-0.2, -0.15) is 0 Å². The quantitative estimate of drug-likeness (QED) is 0.921. The van der Waals surface area contributed by atoms with Gasteiger partial charge < -0.3 is 5.73 Å². The summed E-state index contributed by atoms with van der Waals surface area (Å²) in [5.41, 5.74) is 10.4. The van der Waals surface area contributed by atoms with Crippen molar-refractivity contribution in [3.8, 4) is 0 Å². The number of halogens is 1. The summed E-state index contributed by atoms with van der Waals surface area (Å²) in [6.07, 6.45) is 2.09. The Labute approximate surface area is 135 Å². The Morgan fingerprint density at radius 1 is 1.10 bits per heavy atom. The van der Waals surface area contributed by atoms with Crippen LogP contribution in [0.3, 0.4) is 0 Å². The highest BCUT2D eigenvalue weighted by atomic mass is 79.9. The second-order valence-corrected chi connectivity index (χ2v) is 6.95. The molecule has 0 radical (unpaired) electrons. The average Bonchev–Trinajstić information content (AvgIpc) is 2.87. The van der Waals surface area contributed by atoms with Gasteiger partial charge in [0.05, 0.1) is 0 Å². The van der Waals surface area contributed by atoms with Crippen LogP contribution in [-0.2, 0) is 19.4 Å². The predicted molar refractivity (Wildman–Crippen MR) is 91.2 cm³/mol. The minimum atomic E-state index is 0.0476. The van der Waals surface area contributed by atoms with Gasteiger partial charge in [0.15, 0.2) is 0 Å². The van der Waals surface area contributed by atoms with E-state index in [4.69, 9.17) is 5.73 Å². The van der Waals surface area contributed by atoms with E-state index in [-0.39, 0.29) is 5.54 Å². The minimum absolute atomic E-state index is 0.0476. The number of fused-ring (bicyclic) bond motifs is 1. The zero-order valence-electron chi connectivity index (χ0n) is 12.3. The molecule has 21 heavy (non-hydrogen) atoms. The molecule has 3 rings (SSSR count). The van der Waals surface area contributed by atoms with Crippen molar-refractivity contribution >= 4 is 15.9 Å². The van der Waals surface area contributed by atoms with Crippen LogP contribution in [0.2, 0.25) is 0 Å². The van der Waals surface area contributed by atoms with Crippen molar-refractivity contribution in [3.05, 3.63) is 69.7 Å². The lowest BCUT2D eigenvalue weighted by atomic mass is 9.93. The molecule has 2 aromatic carbocycles. The van der Waals surface area contributed by atoms with Crippen molar-refractivity contribution < 1.29 is 0 Å². The van der Waals surface area contributed by atoms with E-state index < -0.39 is 0 Å². The molecule has 0 heterocycles. The molecule has 1 aliphatic carbocycles. The van der Waals surface area contributed by atoms with E-state index in [1.165, 1.54) is 16.7 Å². The van der Waals surface area contributed by atoms with Crippen molar-refractivity contribution in [2.75, 3.05) is 13.6 Å². The first kappa shape index (κ1) is 14.8. The standard InChI is InChI=1S/C18H21BrN2/c1-21(12-14-5-4-8-17(19)9-14)18(13-20)10-15-6-2-3-7-16(15)11-18/h2-9H,10-13,20H2,1H3. The molecule has 110 valence electrons. The maximum Gasteiger partial charge on any atom is 0.0412 e. The zero-order valence-corrected chi connectivity index (χ0v) is 13.9. The number of nitrogens with two attached hydrogens (primary N) is 1. The smallest absolute Gasteiger partial charge is 0.0412 e. The third-order valence-electron chi connectivity index (χ3n) is 4.66. The molecule has 0 aromatic heterocycles. The Balaban J connectivity index is 1.81. The summed E-state index contributed by atoms with van der Waals surface area (Å²) in [5, 5.41) is 0. The van der Waals surface area contributed by atoms with Crippen LogP contribution in [0.25, 0.3) is 0 Å². The fourth-order valence-electron chi connectivity index (χ4n) is 3.32. The van der Waals surface area contributed by atoms with Crippen molar-refractivity contribution in [3.63, 3.8) is 0 Å². The van der Waals surface area contributed by atoms with E-state index >= 15 is 0 Å². The topological polar surface area (TPSA) is 29.3 Å². The first-order valence-corrected chi connectivity index (χ1v) is 8.15. The number of nitrogens with zero attached hydrogens (tertiary/aromatic N) is 1. The van der Waals surface area contributed by atoms with Gasteiger partial charge in [0.2, 0.25) is 0 Å². The van der Waals surface area contributed by atoms with Gasteiger partial charge in [0.1, 0.15) is 0 Å². The first-order chi connectivity index (χ1) is 10.1. The fourth-order valence-corrected chi connectivity index (χ4v) is 3.77. The molecule has 1 aliphatic rings. The molecule has 3 heteroatoms. The SMILES string of the molecule is CN(Cc1cccc(Br)c1)C1(CN)Cc2ccccc2C1. The maximum absolute atomic E-state index is 6.18. The molecule has 0 saturated carbocycles.